The van der Waals surface area contributed by atoms with E-state index in [4.69, 9.17) is 5.26 Å². The van der Waals surface area contributed by atoms with E-state index in [0.717, 1.165) is 18.7 Å². The van der Waals surface area contributed by atoms with Gasteiger partial charge >= 0.3 is 0 Å². The summed E-state index contributed by atoms with van der Waals surface area (Å²) >= 11 is 4.47. The maximum absolute atomic E-state index is 12.5. The van der Waals surface area contributed by atoms with Crippen molar-refractivity contribution in [1.82, 2.24) is 25.1 Å². The van der Waals surface area contributed by atoms with Gasteiger partial charge in [-0.25, -0.2) is 4.98 Å². The highest BCUT2D eigenvalue weighted by molar-refractivity contribution is 7.81. The predicted molar refractivity (Wildman–Crippen MR) is 163 cm³/mol. The van der Waals surface area contributed by atoms with Gasteiger partial charge in [0, 0.05) is 50.5 Å². The molecule has 0 bridgehead atoms. The molecule has 1 aromatic carbocycles. The molecule has 2 atom stereocenters. The zero-order chi connectivity index (χ0) is 29.5. The fraction of sp³-hybridized carbons (Fsp3) is 0.483. The van der Waals surface area contributed by atoms with E-state index in [-0.39, 0.29) is 23.5 Å². The van der Waals surface area contributed by atoms with Crippen LogP contribution in [0.5, 0.6) is 0 Å². The summed E-state index contributed by atoms with van der Waals surface area (Å²) in [7, 11) is 5.51. The average Bonchev–Trinajstić information content (AvgIpc) is 2.93. The second-order valence-electron chi connectivity index (χ2n) is 9.69. The van der Waals surface area contributed by atoms with Gasteiger partial charge in [-0.15, -0.1) is 0 Å². The summed E-state index contributed by atoms with van der Waals surface area (Å²) < 4.78 is 0. The molecule has 2 aromatic rings. The number of rotatable bonds is 14. The minimum atomic E-state index is -0.570. The van der Waals surface area contributed by atoms with Gasteiger partial charge in [0.25, 0.3) is 0 Å². The first-order valence-electron chi connectivity index (χ1n) is 13.4. The number of unbranched alkanes of at least 4 members (excludes halogenated alkanes) is 1. The monoisotopic (exact) mass is 564 g/mol. The minimum Gasteiger partial charge on any atom is -0.369 e. The molecule has 0 saturated carbocycles. The molecule has 0 aliphatic carbocycles. The third-order valence-electron chi connectivity index (χ3n) is 5.94. The summed E-state index contributed by atoms with van der Waals surface area (Å²) in [5, 5.41) is 18.2. The first-order chi connectivity index (χ1) is 19.1. The maximum atomic E-state index is 12.5. The Morgan fingerprint density at radius 1 is 1.15 bits per heavy atom. The maximum Gasteiger partial charge on any atom is 0.242 e. The first-order valence-corrected chi connectivity index (χ1v) is 13.9. The van der Waals surface area contributed by atoms with E-state index in [1.165, 1.54) is 4.90 Å². The van der Waals surface area contributed by atoms with Crippen LogP contribution < -0.4 is 16.0 Å². The molecular formula is C29H40N8O2S. The molecule has 0 fully saturated rings. The molecular weight excluding hydrogens is 524 g/mol. The molecule has 0 aliphatic rings. The molecule has 214 valence electrons. The number of carbonyl (C=O) groups is 2. The molecule has 0 unspecified atom stereocenters. The number of hydrogen-bond donors (Lipinski definition) is 4. The van der Waals surface area contributed by atoms with Crippen LogP contribution in [0.2, 0.25) is 0 Å². The van der Waals surface area contributed by atoms with E-state index in [9.17, 15) is 9.59 Å². The average molecular weight is 565 g/mol. The third kappa shape index (κ3) is 11.1. The summed E-state index contributed by atoms with van der Waals surface area (Å²) in [6.07, 6.45) is 4.12. The summed E-state index contributed by atoms with van der Waals surface area (Å²) in [4.78, 5) is 37.4. The van der Waals surface area contributed by atoms with Crippen molar-refractivity contribution in [1.29, 1.82) is 5.26 Å². The zero-order valence-corrected chi connectivity index (χ0v) is 24.9. The Balaban J connectivity index is 1.87. The molecule has 2 amide bonds. The number of nitrogens with one attached hydrogen (secondary N) is 3. The van der Waals surface area contributed by atoms with Crippen molar-refractivity contribution in [3.05, 3.63) is 41.6 Å². The van der Waals surface area contributed by atoms with Gasteiger partial charge in [0.2, 0.25) is 17.8 Å². The van der Waals surface area contributed by atoms with Crippen LogP contribution in [0.4, 0.5) is 17.5 Å². The molecule has 10 nitrogen and oxygen atoms in total. The highest BCUT2D eigenvalue weighted by Crippen LogP contribution is 2.18. The number of aromatic nitrogens is 2. The van der Waals surface area contributed by atoms with Gasteiger partial charge in [-0.1, -0.05) is 18.8 Å². The SMILES string of the molecule is CCCNc1nc(Nc2ccc(C#N)cc2)ncc1C#CCCCNC(=O)[C@H](C)N(C)C(=O)C[C@@H](S)CN(C)C. The lowest BCUT2D eigenvalue weighted by Gasteiger charge is -2.26. The van der Waals surface area contributed by atoms with Gasteiger partial charge < -0.3 is 25.8 Å². The van der Waals surface area contributed by atoms with Gasteiger partial charge in [0.15, 0.2) is 0 Å². The quantitative estimate of drug-likeness (QED) is 0.157. The van der Waals surface area contributed by atoms with Crippen LogP contribution >= 0.6 is 12.6 Å². The molecule has 0 radical (unpaired) electrons. The second kappa shape index (κ2) is 17.0. The third-order valence-corrected chi connectivity index (χ3v) is 6.29. The predicted octanol–water partition coefficient (Wildman–Crippen LogP) is 3.26. The number of thiol groups is 1. The van der Waals surface area contributed by atoms with Crippen molar-refractivity contribution >= 4 is 41.9 Å². The van der Waals surface area contributed by atoms with Gasteiger partial charge in [-0.05, 0) is 58.1 Å². The van der Waals surface area contributed by atoms with Crippen molar-refractivity contribution in [2.45, 2.75) is 50.8 Å². The van der Waals surface area contributed by atoms with Crippen LogP contribution in [0.1, 0.15) is 50.7 Å². The standard InChI is InChI=1S/C29H40N8O2S/c1-6-15-31-27-23(19-33-29(35-27)34-24-13-11-22(18-30)12-14-24)10-8-7-9-16-32-28(39)21(2)37(5)26(38)17-25(40)20-36(3)4/h11-14,19,21,25,40H,6-7,9,15-17,20H2,1-5H3,(H,32,39)(H2,31,33,34,35)/t21-,25+/m0/s1. The lowest BCUT2D eigenvalue weighted by Crippen LogP contribution is -2.46. The van der Waals surface area contributed by atoms with Crippen LogP contribution in [0.3, 0.4) is 0 Å². The fourth-order valence-corrected chi connectivity index (χ4v) is 4.07. The number of amides is 2. The lowest BCUT2D eigenvalue weighted by atomic mass is 10.2. The number of carbonyl (C=O) groups excluding carboxylic acids is 2. The number of benzene rings is 1. The largest absolute Gasteiger partial charge is 0.369 e. The Bertz CT molecular complexity index is 1220. The Morgan fingerprint density at radius 2 is 1.88 bits per heavy atom. The molecule has 11 heteroatoms. The van der Waals surface area contributed by atoms with Crippen LogP contribution in [0.25, 0.3) is 0 Å². The van der Waals surface area contributed by atoms with Crippen LogP contribution in [-0.4, -0.2) is 83.7 Å². The number of hydrogen-bond acceptors (Lipinski definition) is 9. The van der Waals surface area contributed by atoms with Gasteiger partial charge in [-0.2, -0.15) is 22.9 Å². The van der Waals surface area contributed by atoms with E-state index in [1.807, 2.05) is 19.0 Å². The normalized spacial score (nSPS) is 11.9. The van der Waals surface area contributed by atoms with E-state index >= 15 is 0 Å². The number of nitriles is 1. The first kappa shape index (κ1) is 32.4. The summed E-state index contributed by atoms with van der Waals surface area (Å²) in [5.74, 6) is 7.02. The van der Waals surface area contributed by atoms with E-state index in [0.29, 0.717) is 48.8 Å². The van der Waals surface area contributed by atoms with Crippen LogP contribution in [0.15, 0.2) is 30.5 Å². The molecule has 40 heavy (non-hydrogen) atoms. The van der Waals surface area contributed by atoms with Crippen molar-refractivity contribution in [3.8, 4) is 17.9 Å². The molecule has 0 aliphatic heterocycles. The number of anilines is 3. The van der Waals surface area contributed by atoms with Gasteiger partial charge in [-0.3, -0.25) is 9.59 Å². The van der Waals surface area contributed by atoms with Crippen LogP contribution in [-0.2, 0) is 9.59 Å². The van der Waals surface area contributed by atoms with E-state index in [1.54, 1.807) is 44.4 Å². The Labute approximate surface area is 243 Å². The Morgan fingerprint density at radius 3 is 2.52 bits per heavy atom. The molecule has 2 rings (SSSR count). The number of nitrogens with zero attached hydrogens (tertiary/aromatic N) is 5. The smallest absolute Gasteiger partial charge is 0.242 e. The molecule has 0 spiro atoms. The van der Waals surface area contributed by atoms with Gasteiger partial charge in [0.05, 0.1) is 23.4 Å². The molecule has 0 saturated heterocycles. The summed E-state index contributed by atoms with van der Waals surface area (Å²) in [6.45, 7) is 5.68. The van der Waals surface area contributed by atoms with Crippen LogP contribution in [0, 0.1) is 23.2 Å². The van der Waals surface area contributed by atoms with E-state index < -0.39 is 6.04 Å². The summed E-state index contributed by atoms with van der Waals surface area (Å²) in [5.41, 5.74) is 2.05. The highest BCUT2D eigenvalue weighted by Gasteiger charge is 2.23. The fourth-order valence-electron chi connectivity index (χ4n) is 3.59. The second-order valence-corrected chi connectivity index (χ2v) is 10.4. The summed E-state index contributed by atoms with van der Waals surface area (Å²) in [6, 6.07) is 8.58. The van der Waals surface area contributed by atoms with Crippen molar-refractivity contribution in [2.75, 3.05) is 51.4 Å². The van der Waals surface area contributed by atoms with Gasteiger partial charge in [0.1, 0.15) is 11.9 Å². The van der Waals surface area contributed by atoms with Crippen molar-refractivity contribution in [3.63, 3.8) is 0 Å². The highest BCUT2D eigenvalue weighted by atomic mass is 32.1. The topological polar surface area (TPSA) is 126 Å². The van der Waals surface area contributed by atoms with Crippen molar-refractivity contribution in [2.24, 2.45) is 0 Å². The Kier molecular flexibility index (Phi) is 13.8. The molecule has 1 heterocycles. The van der Waals surface area contributed by atoms with E-state index in [2.05, 4.69) is 63.4 Å². The zero-order valence-electron chi connectivity index (χ0n) is 24.0. The molecule has 1 aromatic heterocycles. The lowest BCUT2D eigenvalue weighted by molar-refractivity contribution is -0.138. The number of likely N-dealkylation sites (N-methyl/N-ethyl adjacent to an activating group) is 1. The molecule has 3 N–H and O–H groups in total. The minimum absolute atomic E-state index is 0.0862. The van der Waals surface area contributed by atoms with Crippen molar-refractivity contribution < 1.29 is 9.59 Å². The Hall–Kier alpha value is -3.80.